The van der Waals surface area contributed by atoms with Crippen LogP contribution in [0.25, 0.3) is 0 Å². The van der Waals surface area contributed by atoms with Crippen LogP contribution in [0.15, 0.2) is 0 Å². The van der Waals surface area contributed by atoms with E-state index in [4.69, 9.17) is 0 Å². The van der Waals surface area contributed by atoms with E-state index in [-0.39, 0.29) is 12.2 Å². The Kier molecular flexibility index (Phi) is 3.65. The van der Waals surface area contributed by atoms with Crippen molar-refractivity contribution in [1.82, 2.24) is 4.90 Å². The first-order valence-corrected chi connectivity index (χ1v) is 6.25. The van der Waals surface area contributed by atoms with Gasteiger partial charge < -0.3 is 15.1 Å². The summed E-state index contributed by atoms with van der Waals surface area (Å²) in [4.78, 5) is 2.41. The maximum absolute atomic E-state index is 9.76. The number of likely N-dealkylation sites (tertiary alicyclic amines) is 1. The summed E-state index contributed by atoms with van der Waals surface area (Å²) in [6.07, 6.45) is 4.04. The van der Waals surface area contributed by atoms with E-state index in [0.29, 0.717) is 11.8 Å². The number of hydrogen-bond donors (Lipinski definition) is 2. The van der Waals surface area contributed by atoms with Gasteiger partial charge in [-0.05, 0) is 31.1 Å². The minimum absolute atomic E-state index is 0.0767. The van der Waals surface area contributed by atoms with Gasteiger partial charge in [0.15, 0.2) is 0 Å². The first-order valence-electron chi connectivity index (χ1n) is 6.25. The van der Waals surface area contributed by atoms with Crippen molar-refractivity contribution in [3.05, 3.63) is 0 Å². The largest absolute Gasteiger partial charge is 0.393 e. The van der Waals surface area contributed by atoms with Gasteiger partial charge in [-0.2, -0.15) is 0 Å². The lowest BCUT2D eigenvalue weighted by Crippen LogP contribution is -2.44. The van der Waals surface area contributed by atoms with Gasteiger partial charge in [-0.1, -0.05) is 13.3 Å². The molecule has 1 saturated carbocycles. The molecule has 0 bridgehead atoms. The Hall–Kier alpha value is -0.120. The number of aliphatic hydroxyl groups is 2. The van der Waals surface area contributed by atoms with E-state index < -0.39 is 0 Å². The summed E-state index contributed by atoms with van der Waals surface area (Å²) in [5, 5.41) is 19.4. The Morgan fingerprint density at radius 1 is 1.13 bits per heavy atom. The first-order chi connectivity index (χ1) is 7.16. The number of hydrogen-bond acceptors (Lipinski definition) is 3. The highest BCUT2D eigenvalue weighted by Gasteiger charge is 2.30. The Balaban J connectivity index is 1.80. The molecule has 0 aromatic rings. The van der Waals surface area contributed by atoms with Gasteiger partial charge in [0.05, 0.1) is 12.2 Å². The van der Waals surface area contributed by atoms with Crippen molar-refractivity contribution in [1.29, 1.82) is 0 Å². The third-order valence-corrected chi connectivity index (χ3v) is 4.06. The zero-order chi connectivity index (χ0) is 10.8. The molecule has 2 rings (SSSR count). The van der Waals surface area contributed by atoms with Crippen LogP contribution in [0.4, 0.5) is 0 Å². The van der Waals surface area contributed by atoms with E-state index in [1.54, 1.807) is 0 Å². The summed E-state index contributed by atoms with van der Waals surface area (Å²) in [5.74, 6) is 0.865. The fourth-order valence-corrected chi connectivity index (χ4v) is 2.95. The average Bonchev–Trinajstić information content (AvgIpc) is 2.59. The molecule has 2 N–H and O–H groups in total. The molecule has 3 heteroatoms. The monoisotopic (exact) mass is 213 g/mol. The number of rotatable bonds is 2. The second-order valence-corrected chi connectivity index (χ2v) is 5.35. The topological polar surface area (TPSA) is 43.7 Å². The molecule has 1 aliphatic heterocycles. The minimum atomic E-state index is -0.116. The number of aliphatic hydroxyl groups excluding tert-OH is 2. The van der Waals surface area contributed by atoms with Crippen LogP contribution in [0.3, 0.4) is 0 Å². The average molecular weight is 213 g/mol. The van der Waals surface area contributed by atoms with Gasteiger partial charge in [0.25, 0.3) is 0 Å². The second-order valence-electron chi connectivity index (χ2n) is 5.35. The van der Waals surface area contributed by atoms with Crippen LogP contribution in [-0.2, 0) is 0 Å². The molecule has 3 nitrogen and oxygen atoms in total. The molecule has 0 aromatic carbocycles. The molecular formula is C12H23NO2. The maximum atomic E-state index is 9.76. The Bertz CT molecular complexity index is 210. The van der Waals surface area contributed by atoms with Gasteiger partial charge in [0.1, 0.15) is 0 Å². The van der Waals surface area contributed by atoms with Crippen molar-refractivity contribution >= 4 is 0 Å². The van der Waals surface area contributed by atoms with Crippen molar-refractivity contribution in [3.8, 4) is 0 Å². The van der Waals surface area contributed by atoms with Crippen LogP contribution in [0.1, 0.15) is 32.6 Å². The molecule has 0 spiro atoms. The molecule has 1 saturated heterocycles. The van der Waals surface area contributed by atoms with E-state index in [2.05, 4.69) is 11.8 Å². The Labute approximate surface area is 92.1 Å². The normalized spacial score (nSPS) is 43.4. The summed E-state index contributed by atoms with van der Waals surface area (Å²) < 4.78 is 0. The van der Waals surface area contributed by atoms with Crippen LogP contribution >= 0.6 is 0 Å². The molecule has 1 heterocycles. The SMILES string of the molecule is CC1CN(CC2CCCC2O)CCC1O. The smallest absolute Gasteiger partial charge is 0.0590 e. The van der Waals surface area contributed by atoms with Crippen LogP contribution < -0.4 is 0 Å². The van der Waals surface area contributed by atoms with Gasteiger partial charge >= 0.3 is 0 Å². The first kappa shape index (κ1) is 11.4. The summed E-state index contributed by atoms with van der Waals surface area (Å²) in [6.45, 7) is 5.12. The van der Waals surface area contributed by atoms with Gasteiger partial charge in [-0.3, -0.25) is 0 Å². The standard InChI is InChI=1S/C12H23NO2/c1-9-7-13(6-5-11(9)14)8-10-3-2-4-12(10)15/h9-12,14-15H,2-8H2,1H3. The number of nitrogens with zero attached hydrogens (tertiary/aromatic N) is 1. The van der Waals surface area contributed by atoms with E-state index in [9.17, 15) is 10.2 Å². The molecule has 0 aromatic heterocycles. The van der Waals surface area contributed by atoms with Crippen LogP contribution in [0, 0.1) is 11.8 Å². The van der Waals surface area contributed by atoms with Crippen LogP contribution in [-0.4, -0.2) is 47.0 Å². The fraction of sp³-hybridized carbons (Fsp3) is 1.00. The lowest BCUT2D eigenvalue weighted by molar-refractivity contribution is 0.0186. The highest BCUT2D eigenvalue weighted by molar-refractivity contribution is 4.83. The molecule has 2 fully saturated rings. The molecule has 0 amide bonds. The predicted molar refractivity (Wildman–Crippen MR) is 59.6 cm³/mol. The van der Waals surface area contributed by atoms with Gasteiger partial charge in [0, 0.05) is 19.6 Å². The predicted octanol–water partition coefficient (Wildman–Crippen LogP) is 0.850. The molecule has 15 heavy (non-hydrogen) atoms. The van der Waals surface area contributed by atoms with E-state index in [1.165, 1.54) is 12.8 Å². The van der Waals surface area contributed by atoms with Gasteiger partial charge in [-0.15, -0.1) is 0 Å². The van der Waals surface area contributed by atoms with Crippen molar-refractivity contribution in [2.45, 2.75) is 44.8 Å². The highest BCUT2D eigenvalue weighted by atomic mass is 16.3. The van der Waals surface area contributed by atoms with E-state index in [1.807, 2.05) is 0 Å². The number of piperidine rings is 1. The Morgan fingerprint density at radius 2 is 1.93 bits per heavy atom. The molecule has 4 atom stereocenters. The molecular weight excluding hydrogens is 190 g/mol. The van der Waals surface area contributed by atoms with E-state index in [0.717, 1.165) is 32.5 Å². The molecule has 4 unspecified atom stereocenters. The van der Waals surface area contributed by atoms with Crippen LogP contribution in [0.2, 0.25) is 0 Å². The lowest BCUT2D eigenvalue weighted by Gasteiger charge is -2.36. The third-order valence-electron chi connectivity index (χ3n) is 4.06. The Morgan fingerprint density at radius 3 is 2.53 bits per heavy atom. The van der Waals surface area contributed by atoms with Crippen molar-refractivity contribution < 1.29 is 10.2 Å². The molecule has 0 radical (unpaired) electrons. The molecule has 1 aliphatic carbocycles. The van der Waals surface area contributed by atoms with Crippen LogP contribution in [0.5, 0.6) is 0 Å². The summed E-state index contributed by atoms with van der Waals surface area (Å²) in [6, 6.07) is 0. The van der Waals surface area contributed by atoms with Gasteiger partial charge in [0.2, 0.25) is 0 Å². The summed E-state index contributed by atoms with van der Waals surface area (Å²) in [7, 11) is 0. The summed E-state index contributed by atoms with van der Waals surface area (Å²) in [5.41, 5.74) is 0. The van der Waals surface area contributed by atoms with Gasteiger partial charge in [-0.25, -0.2) is 0 Å². The van der Waals surface area contributed by atoms with Crippen molar-refractivity contribution in [3.63, 3.8) is 0 Å². The zero-order valence-corrected chi connectivity index (χ0v) is 9.60. The quantitative estimate of drug-likeness (QED) is 0.715. The second kappa shape index (κ2) is 4.81. The zero-order valence-electron chi connectivity index (χ0n) is 9.60. The van der Waals surface area contributed by atoms with E-state index >= 15 is 0 Å². The fourth-order valence-electron chi connectivity index (χ4n) is 2.95. The minimum Gasteiger partial charge on any atom is -0.393 e. The molecule has 88 valence electrons. The molecule has 2 aliphatic rings. The van der Waals surface area contributed by atoms with Crippen molar-refractivity contribution in [2.24, 2.45) is 11.8 Å². The van der Waals surface area contributed by atoms with Crippen molar-refractivity contribution in [2.75, 3.05) is 19.6 Å². The maximum Gasteiger partial charge on any atom is 0.0590 e. The third kappa shape index (κ3) is 2.71. The lowest BCUT2D eigenvalue weighted by atomic mass is 9.95. The highest BCUT2D eigenvalue weighted by Crippen LogP contribution is 2.27. The summed E-state index contributed by atoms with van der Waals surface area (Å²) >= 11 is 0.